The van der Waals surface area contributed by atoms with E-state index in [0.717, 1.165) is 5.47 Å². The van der Waals surface area contributed by atoms with Gasteiger partial charge in [-0.3, -0.25) is 23.5 Å². The van der Waals surface area contributed by atoms with Gasteiger partial charge in [0.05, 0.1) is 109 Å². The minimum Gasteiger partial charge on any atom is -0.400 e. The van der Waals surface area contributed by atoms with Crippen LogP contribution < -0.4 is 27.5 Å². The fourth-order valence-electron chi connectivity index (χ4n) is 12.4. The Morgan fingerprint density at radius 2 is 1.08 bits per heavy atom. The molecule has 2 unspecified atom stereocenters. The molecule has 12 rings (SSSR count). The minimum atomic E-state index is -3.16. The number of pyridine rings is 2. The SMILES string of the molecule is CC1(C)OB(C2=CCS(=O)(=O)CC2)OC1(C)C.CN1C(=O)C(Br)=CC2C(Cl)=NC=NC21.C[C@@H](N)c1cccc(C(F)F)c1CC#N.C[C@@H](Nc1ncnc2c1cc(Br)c(=O)n2C)c1cccc(C(F)F)c1CC#N.C[C@@H](Nc1ncnc2c1cc(C1=CCS(=O)(=O)CC1)c(=O)n2C)c1cccc(C(F)F)c1CC#N. The van der Waals surface area contributed by atoms with Crippen LogP contribution in [0.4, 0.5) is 38.0 Å². The summed E-state index contributed by atoms with van der Waals surface area (Å²) < 4.78 is 141. The number of aromatic nitrogens is 6. The number of aryl methyl sites for hydroxylation is 2. The van der Waals surface area contributed by atoms with Crippen molar-refractivity contribution in [2.75, 3.05) is 40.7 Å². The lowest BCUT2D eigenvalue weighted by Crippen LogP contribution is -2.46. The smallest absolute Gasteiger partial charge is 0.400 e. The van der Waals surface area contributed by atoms with Crippen LogP contribution in [0.15, 0.2) is 132 Å². The predicted molar refractivity (Wildman–Crippen MR) is 414 cm³/mol. The number of sulfone groups is 2. The second kappa shape index (κ2) is 36.2. The normalized spacial score (nSPS) is 18.7. The first kappa shape index (κ1) is 85.6. The standard InChI is InChI=1S/C24H23F2N5O3S.C19H16BrF2N5O.C11H19BO4S.C11H12F2N2.C8H7BrClN3O/c1-14(16-4-3-5-18(21(25)26)17(16)6-9-27)30-22-20-12-19(15-7-10-35(33,34)11-8-15)24(32)31(2)23(20)29-13-28-22;1-10(11-4-3-5-13(16(21)22)12(11)6-7-23)26-17-14-8-15(20)19(28)27(2)18(14)25-9-24-17;1-10(2)11(3,4)16-12(15-10)9-5-7-17(13,14)8-6-9;1-7(15)8-3-2-4-10(11(12)13)9(8)5-6-14;1-13-7-4(2-5(9)8(13)14)6(10)11-3-12-7/h3-5,7,12-14,21H,6,8,10-11H2,1-2H3,(H,28,29,30);3-5,8-10,16H,6H2,1-2H3,(H,24,25,26);5H,6-8H2,1-4H3;2-4,7,11H,5,15H2,1H3;2-4,7H,1H3/t14-;10-;;7-;/m11.1./s1. The molecule has 0 radical (unpaired) electrons. The Labute approximate surface area is 648 Å². The molecule has 4 aromatic heterocycles. The second-order valence-corrected chi connectivity index (χ2v) is 33.3. The number of amides is 1. The lowest BCUT2D eigenvalue weighted by Gasteiger charge is -2.34. The zero-order valence-electron chi connectivity index (χ0n) is 60.7. The van der Waals surface area contributed by atoms with Crippen molar-refractivity contribution in [3.8, 4) is 18.2 Å². The molecule has 1 fully saturated rings. The van der Waals surface area contributed by atoms with Gasteiger partial charge in [-0.25, -0.2) is 73.1 Å². The summed E-state index contributed by atoms with van der Waals surface area (Å²) >= 11 is 12.3. The number of hydrogen-bond donors (Lipinski definition) is 3. The molecular weight excluding hydrogens is 1620 g/mol. The zero-order chi connectivity index (χ0) is 80.4. The van der Waals surface area contributed by atoms with Crippen LogP contribution in [-0.2, 0) is 67.1 Å². The van der Waals surface area contributed by atoms with Gasteiger partial charge in [-0.1, -0.05) is 84.4 Å². The molecule has 3 aromatic carbocycles. The van der Waals surface area contributed by atoms with Crippen LogP contribution in [0.5, 0.6) is 0 Å². The van der Waals surface area contributed by atoms with E-state index in [1.807, 2.05) is 45.9 Å². The zero-order valence-corrected chi connectivity index (χ0v) is 66.3. The van der Waals surface area contributed by atoms with Gasteiger partial charge in [0.1, 0.15) is 53.3 Å². The van der Waals surface area contributed by atoms with Crippen LogP contribution in [0.25, 0.3) is 27.6 Å². The molecule has 5 aliphatic heterocycles. The maximum Gasteiger partial charge on any atom is 0.490 e. The maximum atomic E-state index is 13.6. The lowest BCUT2D eigenvalue weighted by molar-refractivity contribution is -0.128. The molecule has 4 N–H and O–H groups in total. The molecule has 5 atom stereocenters. The fourth-order valence-corrected chi connectivity index (χ4v) is 16.0. The number of nitrogens with zero attached hydrogens (tertiary/aromatic N) is 12. The molecule has 9 heterocycles. The number of nitrogens with two attached hydrogens (primary N) is 1. The molecule has 1 amide bonds. The summed E-state index contributed by atoms with van der Waals surface area (Å²) in [4.78, 5) is 63.1. The molecule has 109 heavy (non-hydrogen) atoms. The quantitative estimate of drug-likeness (QED) is 0.0634. The molecular formula is C73H77BBr2ClF6N15O9S2. The van der Waals surface area contributed by atoms with Crippen LogP contribution in [0.2, 0.25) is 0 Å². The summed E-state index contributed by atoms with van der Waals surface area (Å²) in [5.41, 5.74) is 9.44. The highest BCUT2D eigenvalue weighted by Gasteiger charge is 2.52. The van der Waals surface area contributed by atoms with Gasteiger partial charge < -0.3 is 30.6 Å². The number of allylic oxidation sites excluding steroid dienone is 2. The Kier molecular flexibility index (Phi) is 28.5. The highest BCUT2D eigenvalue weighted by molar-refractivity contribution is 9.12. The number of benzene rings is 3. The minimum absolute atomic E-state index is 0.0304. The fraction of sp³-hybridized carbons (Fsp3) is 0.397. The van der Waals surface area contributed by atoms with E-state index < -0.39 is 58.2 Å². The molecule has 0 spiro atoms. The van der Waals surface area contributed by atoms with Gasteiger partial charge in [0.25, 0.3) is 36.3 Å². The van der Waals surface area contributed by atoms with E-state index in [2.05, 4.69) is 72.4 Å². The van der Waals surface area contributed by atoms with Crippen molar-refractivity contribution in [2.45, 2.75) is 135 Å². The van der Waals surface area contributed by atoms with E-state index in [1.54, 1.807) is 108 Å². The van der Waals surface area contributed by atoms with Gasteiger partial charge in [-0.2, -0.15) is 15.8 Å². The third kappa shape index (κ3) is 20.2. The average molecular weight is 1690 g/mol. The number of rotatable bonds is 15. The van der Waals surface area contributed by atoms with E-state index in [0.29, 0.717) is 93.2 Å². The van der Waals surface area contributed by atoms with Crippen molar-refractivity contribution in [3.05, 3.63) is 188 Å². The average Bonchev–Trinajstić information content (AvgIpc) is 1.75. The molecule has 0 bridgehead atoms. The molecule has 0 aliphatic carbocycles. The van der Waals surface area contributed by atoms with E-state index in [1.165, 1.54) is 52.4 Å². The third-order valence-corrected chi connectivity index (χ3v) is 23.5. The predicted octanol–water partition coefficient (Wildman–Crippen LogP) is 13.4. The monoisotopic (exact) mass is 1690 g/mol. The van der Waals surface area contributed by atoms with E-state index in [9.17, 15) is 62.8 Å². The number of hydrogen-bond acceptors (Lipinski definition) is 21. The first-order valence-electron chi connectivity index (χ1n) is 33.8. The first-order valence-corrected chi connectivity index (χ1v) is 39.4. The molecule has 24 nitrogen and oxygen atoms in total. The summed E-state index contributed by atoms with van der Waals surface area (Å²) in [6.07, 6.45) is 1.29. The Morgan fingerprint density at radius 3 is 1.51 bits per heavy atom. The molecule has 5 aliphatic rings. The van der Waals surface area contributed by atoms with Crippen molar-refractivity contribution >= 4 is 127 Å². The summed E-state index contributed by atoms with van der Waals surface area (Å²) in [5, 5.41) is 34.9. The lowest BCUT2D eigenvalue weighted by atomic mass is 9.76. The largest absolute Gasteiger partial charge is 0.490 e. The van der Waals surface area contributed by atoms with Gasteiger partial charge in [-0.15, -0.1) is 0 Å². The number of fused-ring (bicyclic) bond motifs is 3. The first-order chi connectivity index (χ1) is 51.3. The number of nitriles is 3. The van der Waals surface area contributed by atoms with Gasteiger partial charge in [0.15, 0.2) is 19.7 Å². The number of alkyl halides is 6. The van der Waals surface area contributed by atoms with Crippen LogP contribution >= 0.6 is 43.5 Å². The number of anilines is 2. The molecule has 1 saturated heterocycles. The number of aliphatic imine (C=N–C) groups is 2. The third-order valence-electron chi connectivity index (χ3n) is 19.0. The molecule has 0 saturated carbocycles. The van der Waals surface area contributed by atoms with Crippen molar-refractivity contribution in [1.29, 1.82) is 15.8 Å². The summed E-state index contributed by atoms with van der Waals surface area (Å²) in [5.74, 6) is 0.769. The van der Waals surface area contributed by atoms with E-state index in [4.69, 9.17) is 37.2 Å². The molecule has 36 heteroatoms. The van der Waals surface area contributed by atoms with Gasteiger partial charge in [-0.05, 0) is 150 Å². The van der Waals surface area contributed by atoms with Crippen molar-refractivity contribution in [3.63, 3.8) is 0 Å². The van der Waals surface area contributed by atoms with Crippen molar-refractivity contribution in [2.24, 2.45) is 35.7 Å². The number of halogens is 9. The van der Waals surface area contributed by atoms with Crippen LogP contribution in [0, 0.1) is 39.9 Å². The highest BCUT2D eigenvalue weighted by atomic mass is 79.9. The van der Waals surface area contributed by atoms with Crippen LogP contribution in [-0.4, -0.2) is 123 Å². The number of nitrogens with one attached hydrogen (secondary N) is 2. The van der Waals surface area contributed by atoms with E-state index >= 15 is 0 Å². The topological polar surface area (TPSA) is 349 Å². The Morgan fingerprint density at radius 1 is 0.651 bits per heavy atom. The van der Waals surface area contributed by atoms with Crippen molar-refractivity contribution < 1.29 is 57.3 Å². The number of carbonyl (C=O) groups excluding carboxylic acids is 1. The number of carbonyl (C=O) groups is 1. The van der Waals surface area contributed by atoms with Gasteiger partial charge >= 0.3 is 7.12 Å². The van der Waals surface area contributed by atoms with Crippen molar-refractivity contribution in [1.82, 2.24) is 34.0 Å². The number of likely N-dealkylation sites (N-methyl/N-ethyl adjacent to an activating group) is 1. The Bertz CT molecular complexity index is 5260. The summed E-state index contributed by atoms with van der Waals surface area (Å²) in [6, 6.07) is 21.5. The Balaban J connectivity index is 0.000000180. The van der Waals surface area contributed by atoms with Crippen LogP contribution in [0.1, 0.15) is 154 Å². The van der Waals surface area contributed by atoms with Gasteiger partial charge in [0.2, 0.25) is 0 Å². The van der Waals surface area contributed by atoms with Crippen LogP contribution in [0.3, 0.4) is 0 Å². The highest BCUT2D eigenvalue weighted by Crippen LogP contribution is 2.41. The summed E-state index contributed by atoms with van der Waals surface area (Å²) in [7, 11) is -1.57. The Hall–Kier alpha value is -8.99. The molecule has 576 valence electrons. The maximum absolute atomic E-state index is 13.6. The second-order valence-electron chi connectivity index (χ2n) is 26.8. The van der Waals surface area contributed by atoms with Gasteiger partial charge in [0, 0.05) is 49.4 Å². The summed E-state index contributed by atoms with van der Waals surface area (Å²) in [6.45, 7) is 13.3. The van der Waals surface area contributed by atoms with E-state index in [-0.39, 0.29) is 117 Å². The molecule has 7 aromatic rings.